The van der Waals surface area contributed by atoms with E-state index in [0.29, 0.717) is 25.4 Å². The zero-order chi connectivity index (χ0) is 18.5. The van der Waals surface area contributed by atoms with Crippen LogP contribution in [0.25, 0.3) is 0 Å². The summed E-state index contributed by atoms with van der Waals surface area (Å²) in [5, 5.41) is 6.18. The van der Waals surface area contributed by atoms with Gasteiger partial charge >= 0.3 is 0 Å². The Morgan fingerprint density at radius 2 is 2.00 bits per heavy atom. The first-order valence-electron chi connectivity index (χ1n) is 10.1. The number of carbonyl (C=O) groups is 2. The minimum absolute atomic E-state index is 0.0736. The molecule has 1 heterocycles. The highest BCUT2D eigenvalue weighted by Gasteiger charge is 2.38. The Labute approximate surface area is 156 Å². The van der Waals surface area contributed by atoms with Gasteiger partial charge in [-0.2, -0.15) is 0 Å². The minimum Gasteiger partial charge on any atom is -0.356 e. The average molecular weight is 361 g/mol. The van der Waals surface area contributed by atoms with Crippen LogP contribution in [0.15, 0.2) is 18.7 Å². The van der Waals surface area contributed by atoms with Crippen LogP contribution in [0.4, 0.5) is 0 Å². The molecule has 2 atom stereocenters. The van der Waals surface area contributed by atoms with Crippen LogP contribution in [0.2, 0.25) is 0 Å². The van der Waals surface area contributed by atoms with Crippen LogP contribution in [0, 0.1) is 23.7 Å². The third-order valence-corrected chi connectivity index (χ3v) is 6.05. The van der Waals surface area contributed by atoms with Gasteiger partial charge in [0.05, 0.1) is 6.33 Å². The van der Waals surface area contributed by atoms with E-state index in [1.165, 1.54) is 12.8 Å². The molecule has 0 bridgehead atoms. The van der Waals surface area contributed by atoms with Crippen molar-refractivity contribution in [1.29, 1.82) is 0 Å². The quantitative estimate of drug-likeness (QED) is 0.747. The summed E-state index contributed by atoms with van der Waals surface area (Å²) in [4.78, 5) is 28.3. The van der Waals surface area contributed by atoms with Crippen LogP contribution < -0.4 is 10.6 Å². The summed E-state index contributed by atoms with van der Waals surface area (Å²) in [6.07, 6.45) is 11.1. The lowest BCUT2D eigenvalue weighted by molar-refractivity contribution is -0.126. The molecule has 2 amide bonds. The van der Waals surface area contributed by atoms with Crippen molar-refractivity contribution in [2.45, 2.75) is 65.0 Å². The zero-order valence-electron chi connectivity index (χ0n) is 16.0. The molecule has 1 aromatic heterocycles. The summed E-state index contributed by atoms with van der Waals surface area (Å²) in [5.41, 5.74) is 0. The van der Waals surface area contributed by atoms with Crippen LogP contribution in [-0.4, -0.2) is 34.0 Å². The highest BCUT2D eigenvalue weighted by molar-refractivity contribution is 5.79. The second-order valence-corrected chi connectivity index (χ2v) is 8.32. The van der Waals surface area contributed by atoms with Crippen LogP contribution >= 0.6 is 0 Å². The van der Waals surface area contributed by atoms with Gasteiger partial charge in [0.1, 0.15) is 0 Å². The van der Waals surface area contributed by atoms with E-state index in [1.54, 1.807) is 12.5 Å². The SMILES string of the molecule is CC(C)C1CCC(C(=O)NC[C@@H]2C[C@@H]2NC(=O)CCn2ccnc2)CC1. The van der Waals surface area contributed by atoms with Crippen molar-refractivity contribution in [1.82, 2.24) is 20.2 Å². The number of amides is 2. The fourth-order valence-electron chi connectivity index (χ4n) is 4.00. The third kappa shape index (κ3) is 5.32. The van der Waals surface area contributed by atoms with Crippen molar-refractivity contribution < 1.29 is 9.59 Å². The zero-order valence-corrected chi connectivity index (χ0v) is 16.0. The number of aromatic nitrogens is 2. The van der Waals surface area contributed by atoms with Gasteiger partial charge in [-0.25, -0.2) is 4.98 Å². The van der Waals surface area contributed by atoms with Crippen LogP contribution in [0.5, 0.6) is 0 Å². The number of aryl methyl sites for hydroxylation is 1. The molecule has 2 aliphatic rings. The highest BCUT2D eigenvalue weighted by Crippen LogP contribution is 2.34. The molecule has 3 rings (SSSR count). The van der Waals surface area contributed by atoms with Gasteiger partial charge in [0.2, 0.25) is 11.8 Å². The summed E-state index contributed by atoms with van der Waals surface area (Å²) in [6.45, 7) is 5.90. The smallest absolute Gasteiger partial charge is 0.223 e. The Morgan fingerprint density at radius 1 is 1.23 bits per heavy atom. The lowest BCUT2D eigenvalue weighted by atomic mass is 9.77. The van der Waals surface area contributed by atoms with E-state index in [0.717, 1.165) is 31.1 Å². The lowest BCUT2D eigenvalue weighted by Gasteiger charge is -2.30. The number of hydrogen-bond acceptors (Lipinski definition) is 3. The number of nitrogens with one attached hydrogen (secondary N) is 2. The molecule has 2 fully saturated rings. The molecule has 0 unspecified atom stereocenters. The van der Waals surface area contributed by atoms with E-state index in [2.05, 4.69) is 29.5 Å². The van der Waals surface area contributed by atoms with E-state index < -0.39 is 0 Å². The van der Waals surface area contributed by atoms with Gasteiger partial charge in [-0.1, -0.05) is 13.8 Å². The van der Waals surface area contributed by atoms with Crippen LogP contribution in [-0.2, 0) is 16.1 Å². The normalized spacial score (nSPS) is 28.0. The summed E-state index contributed by atoms with van der Waals surface area (Å²) in [7, 11) is 0. The van der Waals surface area contributed by atoms with E-state index in [9.17, 15) is 9.59 Å². The molecule has 6 heteroatoms. The molecular formula is C20H32N4O2. The predicted molar refractivity (Wildman–Crippen MR) is 100 cm³/mol. The minimum atomic E-state index is 0.0736. The average Bonchev–Trinajstić information content (AvgIpc) is 3.15. The Hall–Kier alpha value is -1.85. The molecule has 0 spiro atoms. The number of hydrogen-bond donors (Lipinski definition) is 2. The van der Waals surface area contributed by atoms with Gasteiger partial charge in [0.25, 0.3) is 0 Å². The first-order valence-corrected chi connectivity index (χ1v) is 10.1. The topological polar surface area (TPSA) is 76.0 Å². The fraction of sp³-hybridized carbons (Fsp3) is 0.750. The van der Waals surface area contributed by atoms with Crippen molar-refractivity contribution in [3.8, 4) is 0 Å². The summed E-state index contributed by atoms with van der Waals surface area (Å²) >= 11 is 0. The van der Waals surface area contributed by atoms with Gasteiger partial charge in [-0.05, 0) is 49.9 Å². The van der Waals surface area contributed by atoms with Crippen molar-refractivity contribution >= 4 is 11.8 Å². The van der Waals surface area contributed by atoms with Gasteiger partial charge in [0, 0.05) is 43.9 Å². The summed E-state index contributed by atoms with van der Waals surface area (Å²) < 4.78 is 1.90. The standard InChI is InChI=1S/C20H32N4O2/c1-14(2)15-3-5-16(6-4-15)20(26)22-12-17-11-18(17)23-19(25)7-9-24-10-8-21-13-24/h8,10,13-18H,3-7,9,11-12H2,1-2H3,(H,22,26)(H,23,25)/t15?,16?,17-,18-/m0/s1. The monoisotopic (exact) mass is 360 g/mol. The Balaban J connectivity index is 1.28. The van der Waals surface area contributed by atoms with Crippen molar-refractivity contribution in [2.24, 2.45) is 23.7 Å². The van der Waals surface area contributed by atoms with Gasteiger partial charge in [-0.3, -0.25) is 9.59 Å². The Kier molecular flexibility index (Phi) is 6.33. The predicted octanol–water partition coefficient (Wildman–Crippen LogP) is 2.36. The van der Waals surface area contributed by atoms with E-state index in [-0.39, 0.29) is 23.8 Å². The largest absolute Gasteiger partial charge is 0.356 e. The van der Waals surface area contributed by atoms with Gasteiger partial charge in [-0.15, -0.1) is 0 Å². The van der Waals surface area contributed by atoms with E-state index >= 15 is 0 Å². The second kappa shape index (κ2) is 8.69. The molecule has 0 radical (unpaired) electrons. The Morgan fingerprint density at radius 3 is 2.65 bits per heavy atom. The van der Waals surface area contributed by atoms with E-state index in [4.69, 9.17) is 0 Å². The second-order valence-electron chi connectivity index (χ2n) is 8.32. The molecular weight excluding hydrogens is 328 g/mol. The highest BCUT2D eigenvalue weighted by atomic mass is 16.2. The molecule has 0 saturated heterocycles. The first kappa shape index (κ1) is 18.9. The fourth-order valence-corrected chi connectivity index (χ4v) is 4.00. The van der Waals surface area contributed by atoms with Gasteiger partial charge in [0.15, 0.2) is 0 Å². The van der Waals surface area contributed by atoms with Crippen LogP contribution in [0.3, 0.4) is 0 Å². The molecule has 1 aromatic rings. The number of carbonyl (C=O) groups excluding carboxylic acids is 2. The summed E-state index contributed by atoms with van der Waals surface area (Å²) in [5.74, 6) is 2.37. The molecule has 2 aliphatic carbocycles. The van der Waals surface area contributed by atoms with Gasteiger partial charge < -0.3 is 15.2 Å². The molecule has 0 aliphatic heterocycles. The number of rotatable bonds is 8. The molecule has 0 aromatic carbocycles. The molecule has 26 heavy (non-hydrogen) atoms. The maximum atomic E-state index is 12.4. The first-order chi connectivity index (χ1) is 12.5. The molecule has 6 nitrogen and oxygen atoms in total. The maximum Gasteiger partial charge on any atom is 0.223 e. The number of nitrogens with zero attached hydrogens (tertiary/aromatic N) is 2. The lowest BCUT2D eigenvalue weighted by Crippen LogP contribution is -2.36. The van der Waals surface area contributed by atoms with E-state index in [1.807, 2.05) is 10.8 Å². The molecule has 2 saturated carbocycles. The Bertz CT molecular complexity index is 591. The number of imidazole rings is 1. The third-order valence-electron chi connectivity index (χ3n) is 6.05. The van der Waals surface area contributed by atoms with Crippen LogP contribution in [0.1, 0.15) is 52.4 Å². The summed E-state index contributed by atoms with van der Waals surface area (Å²) in [6, 6.07) is 0.224. The molecule has 2 N–H and O–H groups in total. The van der Waals surface area contributed by atoms with Crippen molar-refractivity contribution in [2.75, 3.05) is 6.54 Å². The van der Waals surface area contributed by atoms with Crippen molar-refractivity contribution in [3.05, 3.63) is 18.7 Å². The van der Waals surface area contributed by atoms with Crippen molar-refractivity contribution in [3.63, 3.8) is 0 Å². The molecule has 144 valence electrons. The maximum absolute atomic E-state index is 12.4.